The van der Waals surface area contributed by atoms with Crippen LogP contribution in [0.1, 0.15) is 22.5 Å². The first-order valence-corrected chi connectivity index (χ1v) is 9.72. The van der Waals surface area contributed by atoms with Crippen molar-refractivity contribution in [3.8, 4) is 5.69 Å². The monoisotopic (exact) mass is 384 g/mol. The fraction of sp³-hybridized carbons (Fsp3) is 0.316. The van der Waals surface area contributed by atoms with Crippen molar-refractivity contribution in [3.05, 3.63) is 64.9 Å². The van der Waals surface area contributed by atoms with E-state index in [1.807, 2.05) is 35.8 Å². The maximum Gasteiger partial charge on any atom is 0.253 e. The van der Waals surface area contributed by atoms with Crippen molar-refractivity contribution in [2.75, 3.05) is 13.2 Å². The SMILES string of the molecule is O=C(N[C@@H]1CCOC[C@H]1OCc1cscn1)c1ccccc1-n1cccn1. The van der Waals surface area contributed by atoms with Crippen molar-refractivity contribution in [1.29, 1.82) is 0 Å². The molecule has 7 nitrogen and oxygen atoms in total. The van der Waals surface area contributed by atoms with Crippen LogP contribution in [0.5, 0.6) is 0 Å². The average Bonchev–Trinajstić information content (AvgIpc) is 3.41. The van der Waals surface area contributed by atoms with E-state index in [9.17, 15) is 4.79 Å². The molecule has 2 aromatic heterocycles. The second kappa shape index (κ2) is 8.43. The molecule has 1 aliphatic rings. The number of nitrogens with one attached hydrogen (secondary N) is 1. The summed E-state index contributed by atoms with van der Waals surface area (Å²) in [6.45, 7) is 1.46. The summed E-state index contributed by atoms with van der Waals surface area (Å²) in [6, 6.07) is 9.13. The summed E-state index contributed by atoms with van der Waals surface area (Å²) in [4.78, 5) is 17.2. The van der Waals surface area contributed by atoms with Crippen LogP contribution in [0.15, 0.2) is 53.6 Å². The highest BCUT2D eigenvalue weighted by Gasteiger charge is 2.29. The molecule has 140 valence electrons. The van der Waals surface area contributed by atoms with Crippen molar-refractivity contribution in [2.24, 2.45) is 0 Å². The minimum Gasteiger partial charge on any atom is -0.379 e. The van der Waals surface area contributed by atoms with Crippen molar-refractivity contribution in [1.82, 2.24) is 20.1 Å². The van der Waals surface area contributed by atoms with E-state index in [4.69, 9.17) is 9.47 Å². The number of ether oxygens (including phenoxy) is 2. The Bertz CT molecular complexity index is 867. The molecule has 0 aliphatic carbocycles. The maximum atomic E-state index is 12.9. The summed E-state index contributed by atoms with van der Waals surface area (Å²) in [7, 11) is 0. The third-order valence-corrected chi connectivity index (χ3v) is 5.08. The zero-order valence-corrected chi connectivity index (χ0v) is 15.5. The zero-order chi connectivity index (χ0) is 18.5. The van der Waals surface area contributed by atoms with Gasteiger partial charge < -0.3 is 14.8 Å². The molecule has 0 bridgehead atoms. The van der Waals surface area contributed by atoms with Crippen LogP contribution in [-0.2, 0) is 16.1 Å². The van der Waals surface area contributed by atoms with E-state index >= 15 is 0 Å². The highest BCUT2D eigenvalue weighted by Crippen LogP contribution is 2.17. The van der Waals surface area contributed by atoms with Gasteiger partial charge in [0.25, 0.3) is 5.91 Å². The standard InChI is InChI=1S/C19H20N4O3S/c24-19(15-4-1-2-5-17(15)23-8-3-7-21-23)22-16-6-9-25-11-18(16)26-10-14-12-27-13-20-14/h1-5,7-8,12-13,16,18H,6,9-11H2,(H,22,24)/t16-,18-/m1/s1. The Hall–Kier alpha value is -2.55. The van der Waals surface area contributed by atoms with Gasteiger partial charge in [0.15, 0.2) is 0 Å². The summed E-state index contributed by atoms with van der Waals surface area (Å²) < 4.78 is 13.2. The summed E-state index contributed by atoms with van der Waals surface area (Å²) in [6.07, 6.45) is 4.01. The number of para-hydroxylation sites is 1. The zero-order valence-electron chi connectivity index (χ0n) is 14.7. The van der Waals surface area contributed by atoms with Gasteiger partial charge in [-0.05, 0) is 24.6 Å². The number of benzene rings is 1. The van der Waals surface area contributed by atoms with Crippen LogP contribution in [0.3, 0.4) is 0 Å². The van der Waals surface area contributed by atoms with E-state index in [0.29, 0.717) is 31.8 Å². The number of amides is 1. The molecule has 3 heterocycles. The smallest absolute Gasteiger partial charge is 0.253 e. The molecule has 1 aromatic carbocycles. The number of carbonyl (C=O) groups is 1. The number of rotatable bonds is 6. The topological polar surface area (TPSA) is 78.3 Å². The molecule has 8 heteroatoms. The molecule has 1 fully saturated rings. The lowest BCUT2D eigenvalue weighted by Crippen LogP contribution is -2.50. The van der Waals surface area contributed by atoms with Gasteiger partial charge in [0.05, 0.1) is 41.7 Å². The van der Waals surface area contributed by atoms with Crippen LogP contribution in [0.25, 0.3) is 5.69 Å². The summed E-state index contributed by atoms with van der Waals surface area (Å²) in [5, 5.41) is 9.31. The summed E-state index contributed by atoms with van der Waals surface area (Å²) in [5.41, 5.74) is 3.99. The van der Waals surface area contributed by atoms with Crippen LogP contribution in [0.2, 0.25) is 0 Å². The third-order valence-electron chi connectivity index (χ3n) is 4.45. The minimum absolute atomic E-state index is 0.115. The molecule has 1 amide bonds. The number of hydrogen-bond donors (Lipinski definition) is 1. The fourth-order valence-electron chi connectivity index (χ4n) is 3.07. The predicted molar refractivity (Wildman–Crippen MR) is 101 cm³/mol. The highest BCUT2D eigenvalue weighted by molar-refractivity contribution is 7.07. The third kappa shape index (κ3) is 4.24. The highest BCUT2D eigenvalue weighted by atomic mass is 32.1. The van der Waals surface area contributed by atoms with Gasteiger partial charge in [0.2, 0.25) is 0 Å². The van der Waals surface area contributed by atoms with Gasteiger partial charge in [-0.25, -0.2) is 9.67 Å². The molecule has 0 unspecified atom stereocenters. The first kappa shape index (κ1) is 17.8. The molecule has 0 saturated carbocycles. The van der Waals surface area contributed by atoms with Crippen molar-refractivity contribution in [2.45, 2.75) is 25.2 Å². The van der Waals surface area contributed by atoms with Crippen LogP contribution in [0, 0.1) is 0 Å². The van der Waals surface area contributed by atoms with Gasteiger partial charge >= 0.3 is 0 Å². The Morgan fingerprint density at radius 1 is 1.37 bits per heavy atom. The Balaban J connectivity index is 1.46. The van der Waals surface area contributed by atoms with E-state index in [-0.39, 0.29) is 18.1 Å². The molecule has 0 radical (unpaired) electrons. The first-order chi connectivity index (χ1) is 13.3. The lowest BCUT2D eigenvalue weighted by Gasteiger charge is -2.32. The Kier molecular flexibility index (Phi) is 5.57. The first-order valence-electron chi connectivity index (χ1n) is 8.77. The van der Waals surface area contributed by atoms with Crippen molar-refractivity contribution < 1.29 is 14.3 Å². The predicted octanol–water partition coefficient (Wildman–Crippen LogP) is 2.43. The lowest BCUT2D eigenvalue weighted by atomic mass is 10.0. The van der Waals surface area contributed by atoms with Gasteiger partial charge in [-0.15, -0.1) is 11.3 Å². The van der Waals surface area contributed by atoms with Crippen molar-refractivity contribution in [3.63, 3.8) is 0 Å². The fourth-order valence-corrected chi connectivity index (χ4v) is 3.61. The van der Waals surface area contributed by atoms with Crippen molar-refractivity contribution >= 4 is 17.2 Å². The quantitative estimate of drug-likeness (QED) is 0.706. The Morgan fingerprint density at radius 3 is 3.11 bits per heavy atom. The van der Waals surface area contributed by atoms with E-state index in [1.165, 1.54) is 11.3 Å². The number of aromatic nitrogens is 3. The molecule has 1 saturated heterocycles. The largest absolute Gasteiger partial charge is 0.379 e. The molecule has 1 aliphatic heterocycles. The molecule has 4 rings (SSSR count). The number of carbonyl (C=O) groups excluding carboxylic acids is 1. The van der Waals surface area contributed by atoms with Crippen LogP contribution in [-0.4, -0.2) is 46.0 Å². The van der Waals surface area contributed by atoms with Gasteiger partial charge in [-0.1, -0.05) is 12.1 Å². The minimum atomic E-state index is -0.207. The Morgan fingerprint density at radius 2 is 2.30 bits per heavy atom. The molecular formula is C19H20N4O3S. The molecule has 2 atom stereocenters. The molecular weight excluding hydrogens is 364 g/mol. The average molecular weight is 384 g/mol. The van der Waals surface area contributed by atoms with Gasteiger partial charge in [-0.2, -0.15) is 5.10 Å². The molecule has 1 N–H and O–H groups in total. The number of nitrogens with zero attached hydrogens (tertiary/aromatic N) is 3. The van der Waals surface area contributed by atoms with E-state index in [1.54, 1.807) is 22.5 Å². The lowest BCUT2D eigenvalue weighted by molar-refractivity contribution is -0.0742. The number of thiazole rings is 1. The summed E-state index contributed by atoms with van der Waals surface area (Å²) >= 11 is 1.53. The van der Waals surface area contributed by atoms with Crippen LogP contribution >= 0.6 is 11.3 Å². The summed E-state index contributed by atoms with van der Waals surface area (Å²) in [5.74, 6) is -0.143. The van der Waals surface area contributed by atoms with E-state index < -0.39 is 0 Å². The molecule has 3 aromatic rings. The van der Waals surface area contributed by atoms with Crippen LogP contribution < -0.4 is 5.32 Å². The van der Waals surface area contributed by atoms with Gasteiger partial charge in [0.1, 0.15) is 6.10 Å². The van der Waals surface area contributed by atoms with Gasteiger partial charge in [0, 0.05) is 24.4 Å². The Labute approximate surface area is 161 Å². The van der Waals surface area contributed by atoms with E-state index in [2.05, 4.69) is 15.4 Å². The second-order valence-corrected chi connectivity index (χ2v) is 6.96. The van der Waals surface area contributed by atoms with Crippen LogP contribution in [0.4, 0.5) is 0 Å². The molecule has 0 spiro atoms. The number of hydrogen-bond acceptors (Lipinski definition) is 6. The normalized spacial score (nSPS) is 19.7. The van der Waals surface area contributed by atoms with Gasteiger partial charge in [-0.3, -0.25) is 4.79 Å². The molecule has 27 heavy (non-hydrogen) atoms. The maximum absolute atomic E-state index is 12.9. The second-order valence-electron chi connectivity index (χ2n) is 6.24. The van der Waals surface area contributed by atoms with E-state index in [0.717, 1.165) is 11.4 Å².